The summed E-state index contributed by atoms with van der Waals surface area (Å²) < 4.78 is 9.81. The molecule has 2 aromatic carbocycles. The lowest BCUT2D eigenvalue weighted by Crippen LogP contribution is -2.20. The maximum absolute atomic E-state index is 13.5. The molecule has 0 spiro atoms. The number of aryl methyl sites for hydroxylation is 1. The summed E-state index contributed by atoms with van der Waals surface area (Å²) in [6.07, 6.45) is 6.72. The Balaban J connectivity index is 1.51. The molecule has 0 atom stereocenters. The zero-order valence-electron chi connectivity index (χ0n) is 19.7. The molecule has 1 fully saturated rings. The van der Waals surface area contributed by atoms with Crippen LogP contribution in [-0.4, -0.2) is 20.4 Å². The Morgan fingerprint density at radius 1 is 1.09 bits per heavy atom. The second-order valence-corrected chi connectivity index (χ2v) is 9.68. The van der Waals surface area contributed by atoms with Crippen LogP contribution >= 0.6 is 11.6 Å². The van der Waals surface area contributed by atoms with E-state index in [1.807, 2.05) is 36.4 Å². The minimum Gasteiger partial charge on any atom is -0.453 e. The lowest BCUT2D eigenvalue weighted by molar-refractivity contribution is 0.500. The molecule has 0 aliphatic heterocycles. The van der Waals surface area contributed by atoms with Crippen molar-refractivity contribution in [3.63, 3.8) is 0 Å². The third-order valence-corrected chi connectivity index (χ3v) is 7.21. The van der Waals surface area contributed by atoms with Gasteiger partial charge < -0.3 is 8.98 Å². The summed E-state index contributed by atoms with van der Waals surface area (Å²) in [7, 11) is 0. The number of hydrogen-bond donors (Lipinski definition) is 0. The number of nitrogens with zero attached hydrogens (tertiary/aromatic N) is 4. The first-order valence-electron chi connectivity index (χ1n) is 11.9. The van der Waals surface area contributed by atoms with E-state index in [2.05, 4.69) is 29.6 Å². The number of rotatable bonds is 4. The Morgan fingerprint density at radius 2 is 1.89 bits per heavy atom. The van der Waals surface area contributed by atoms with Crippen LogP contribution < -0.4 is 5.56 Å². The molecule has 0 N–H and O–H groups in total. The van der Waals surface area contributed by atoms with E-state index in [1.165, 1.54) is 41.7 Å². The fraction of sp³-hybridized carbons (Fsp3) is 0.250. The number of hydrogen-bond acceptors (Lipinski definition) is 4. The number of halogens is 1. The first-order chi connectivity index (χ1) is 17.0. The van der Waals surface area contributed by atoms with Gasteiger partial charge in [0.1, 0.15) is 5.58 Å². The van der Waals surface area contributed by atoms with Gasteiger partial charge in [-0.3, -0.25) is 4.79 Å². The highest BCUT2D eigenvalue weighted by Crippen LogP contribution is 2.33. The molecule has 7 heteroatoms. The Bertz CT molecular complexity index is 1670. The van der Waals surface area contributed by atoms with Gasteiger partial charge in [0.15, 0.2) is 5.76 Å². The van der Waals surface area contributed by atoms with Crippen LogP contribution in [0.4, 0.5) is 0 Å². The highest BCUT2D eigenvalue weighted by Gasteiger charge is 2.21. The lowest BCUT2D eigenvalue weighted by Gasteiger charge is -2.17. The minimum atomic E-state index is -0.245. The summed E-state index contributed by atoms with van der Waals surface area (Å²) in [5.41, 5.74) is 4.40. The molecule has 6 rings (SSSR count). The number of para-hydroxylation sites is 1. The Morgan fingerprint density at radius 3 is 2.71 bits per heavy atom. The normalized spacial score (nSPS) is 14.7. The molecule has 3 aromatic heterocycles. The fourth-order valence-electron chi connectivity index (χ4n) is 5.29. The molecule has 6 nitrogen and oxygen atoms in total. The molecule has 0 amide bonds. The highest BCUT2D eigenvalue weighted by molar-refractivity contribution is 6.31. The van der Waals surface area contributed by atoms with Crippen molar-refractivity contribution in [1.29, 1.82) is 0 Å². The summed E-state index contributed by atoms with van der Waals surface area (Å²) in [6.45, 7) is 4.26. The molecule has 35 heavy (non-hydrogen) atoms. The van der Waals surface area contributed by atoms with E-state index in [0.717, 1.165) is 10.9 Å². The minimum absolute atomic E-state index is 0.245. The van der Waals surface area contributed by atoms with Crippen molar-refractivity contribution in [2.24, 2.45) is 5.10 Å². The second kappa shape index (κ2) is 8.54. The van der Waals surface area contributed by atoms with Crippen LogP contribution in [0.25, 0.3) is 33.5 Å². The Kier molecular flexibility index (Phi) is 5.33. The Labute approximate surface area is 207 Å². The predicted molar refractivity (Wildman–Crippen MR) is 141 cm³/mol. The van der Waals surface area contributed by atoms with Crippen molar-refractivity contribution >= 4 is 39.7 Å². The number of furan rings is 1. The van der Waals surface area contributed by atoms with Crippen LogP contribution in [0.3, 0.4) is 0 Å². The SMILES string of the molecule is Cc1cc(C=Nn2c(-c3cc4cc(Cl)ccc4o3)nc3ccccc3c2=O)c(C)n1C1CCCC1. The quantitative estimate of drug-likeness (QED) is 0.261. The largest absolute Gasteiger partial charge is 0.453 e. The predicted octanol–water partition coefficient (Wildman–Crippen LogP) is 6.88. The van der Waals surface area contributed by atoms with Crippen LogP contribution in [-0.2, 0) is 0 Å². The van der Waals surface area contributed by atoms with E-state index in [0.29, 0.717) is 39.1 Å². The van der Waals surface area contributed by atoms with Crippen LogP contribution in [0.2, 0.25) is 5.02 Å². The smallest absolute Gasteiger partial charge is 0.282 e. The first-order valence-corrected chi connectivity index (χ1v) is 12.3. The third kappa shape index (κ3) is 3.78. The topological polar surface area (TPSA) is 65.3 Å². The Hall–Kier alpha value is -3.64. The van der Waals surface area contributed by atoms with E-state index in [1.54, 1.807) is 18.3 Å². The van der Waals surface area contributed by atoms with Crippen LogP contribution in [0.5, 0.6) is 0 Å². The molecule has 0 radical (unpaired) electrons. The van der Waals surface area contributed by atoms with E-state index in [4.69, 9.17) is 21.0 Å². The first kappa shape index (κ1) is 21.9. The molecule has 0 bridgehead atoms. The molecule has 5 aromatic rings. The molecule has 1 saturated carbocycles. The van der Waals surface area contributed by atoms with Gasteiger partial charge in [-0.1, -0.05) is 36.6 Å². The second-order valence-electron chi connectivity index (χ2n) is 9.24. The zero-order chi connectivity index (χ0) is 24.1. The summed E-state index contributed by atoms with van der Waals surface area (Å²) in [5, 5.41) is 6.61. The third-order valence-electron chi connectivity index (χ3n) is 6.98. The van der Waals surface area contributed by atoms with Gasteiger partial charge in [-0.15, -0.1) is 0 Å². The van der Waals surface area contributed by atoms with Crippen molar-refractivity contribution in [3.8, 4) is 11.6 Å². The molecular weight excluding hydrogens is 460 g/mol. The average molecular weight is 485 g/mol. The van der Waals surface area contributed by atoms with Crippen molar-refractivity contribution in [1.82, 2.24) is 14.2 Å². The van der Waals surface area contributed by atoms with Crippen molar-refractivity contribution in [3.05, 3.63) is 86.9 Å². The summed E-state index contributed by atoms with van der Waals surface area (Å²) in [4.78, 5) is 18.3. The van der Waals surface area contributed by atoms with Crippen LogP contribution in [0.1, 0.15) is 48.7 Å². The van der Waals surface area contributed by atoms with Crippen LogP contribution in [0, 0.1) is 13.8 Å². The molecule has 1 aliphatic carbocycles. The molecule has 3 heterocycles. The monoisotopic (exact) mass is 484 g/mol. The van der Waals surface area contributed by atoms with Gasteiger partial charge in [0.2, 0.25) is 5.82 Å². The van der Waals surface area contributed by atoms with E-state index in [-0.39, 0.29) is 5.56 Å². The number of benzene rings is 2. The maximum Gasteiger partial charge on any atom is 0.282 e. The van der Waals surface area contributed by atoms with Gasteiger partial charge >= 0.3 is 0 Å². The summed E-state index contributed by atoms with van der Waals surface area (Å²) >= 11 is 6.16. The van der Waals surface area contributed by atoms with E-state index in [9.17, 15) is 4.79 Å². The van der Waals surface area contributed by atoms with Crippen molar-refractivity contribution < 1.29 is 4.42 Å². The number of fused-ring (bicyclic) bond motifs is 2. The van der Waals surface area contributed by atoms with E-state index < -0.39 is 0 Å². The number of aromatic nitrogens is 3. The fourth-order valence-corrected chi connectivity index (χ4v) is 5.47. The van der Waals surface area contributed by atoms with Crippen LogP contribution in [0.15, 0.2) is 68.9 Å². The van der Waals surface area contributed by atoms with Gasteiger partial charge in [0.05, 0.1) is 17.1 Å². The van der Waals surface area contributed by atoms with Gasteiger partial charge in [-0.25, -0.2) is 4.98 Å². The maximum atomic E-state index is 13.5. The van der Waals surface area contributed by atoms with Gasteiger partial charge in [-0.2, -0.15) is 9.78 Å². The molecular formula is C28H25ClN4O2. The van der Waals surface area contributed by atoms with E-state index >= 15 is 0 Å². The lowest BCUT2D eigenvalue weighted by atomic mass is 10.2. The summed E-state index contributed by atoms with van der Waals surface area (Å²) in [6, 6.07) is 17.2. The molecule has 1 aliphatic rings. The molecule has 0 saturated heterocycles. The van der Waals surface area contributed by atoms with Crippen molar-refractivity contribution in [2.75, 3.05) is 0 Å². The van der Waals surface area contributed by atoms with Gasteiger partial charge in [0, 0.05) is 33.4 Å². The van der Waals surface area contributed by atoms with Gasteiger partial charge in [-0.05, 0) is 69.2 Å². The highest BCUT2D eigenvalue weighted by atomic mass is 35.5. The van der Waals surface area contributed by atoms with Gasteiger partial charge in [0.25, 0.3) is 5.56 Å². The molecule has 176 valence electrons. The van der Waals surface area contributed by atoms with Crippen molar-refractivity contribution in [2.45, 2.75) is 45.6 Å². The molecule has 0 unspecified atom stereocenters. The zero-order valence-corrected chi connectivity index (χ0v) is 20.4. The standard InChI is InChI=1S/C28H25ClN4O2/c1-17-13-20(18(2)32(17)22-7-3-4-8-22)16-30-33-27(31-24-10-6-5-9-23(24)28(33)34)26-15-19-14-21(29)11-12-25(19)35-26/h5-6,9-16,22H,3-4,7-8H2,1-2H3. The average Bonchev–Trinajstić information content (AvgIpc) is 3.57. The summed E-state index contributed by atoms with van der Waals surface area (Å²) in [5.74, 6) is 0.806.